The molecular formula is C24H36N2O. The average molecular weight is 369 g/mol. The summed E-state index contributed by atoms with van der Waals surface area (Å²) in [7, 11) is 0. The quantitative estimate of drug-likeness (QED) is 0.698. The van der Waals surface area contributed by atoms with Crippen molar-refractivity contribution in [1.82, 2.24) is 9.88 Å². The van der Waals surface area contributed by atoms with Crippen LogP contribution in [0.25, 0.3) is 0 Å². The van der Waals surface area contributed by atoms with Crippen LogP contribution in [-0.2, 0) is 16.7 Å². The number of aryl methyl sites for hydroxylation is 2. The molecule has 1 aromatic heterocycles. The van der Waals surface area contributed by atoms with Crippen LogP contribution in [-0.4, -0.2) is 36.2 Å². The van der Waals surface area contributed by atoms with Crippen LogP contribution in [0.5, 0.6) is 0 Å². The van der Waals surface area contributed by atoms with Gasteiger partial charge in [0.25, 0.3) is 0 Å². The van der Waals surface area contributed by atoms with Crippen LogP contribution in [0, 0.1) is 12.8 Å². The van der Waals surface area contributed by atoms with E-state index < -0.39 is 0 Å². The minimum Gasteiger partial charge on any atom is -0.381 e. The maximum Gasteiger partial charge on any atom is 0.0506 e. The summed E-state index contributed by atoms with van der Waals surface area (Å²) in [6, 6.07) is 14.8. The van der Waals surface area contributed by atoms with Crippen LogP contribution in [0.15, 0.2) is 48.7 Å². The highest BCUT2D eigenvalue weighted by Gasteiger charge is 2.34. The van der Waals surface area contributed by atoms with Gasteiger partial charge in [0.1, 0.15) is 0 Å². The first-order valence-corrected chi connectivity index (χ1v) is 10.3. The summed E-state index contributed by atoms with van der Waals surface area (Å²) in [5.74, 6) is 0.678. The third-order valence-corrected chi connectivity index (χ3v) is 5.50. The van der Waals surface area contributed by atoms with Crippen molar-refractivity contribution >= 4 is 0 Å². The normalized spacial score (nSPS) is 17.4. The van der Waals surface area contributed by atoms with Gasteiger partial charge in [-0.1, -0.05) is 43.3 Å². The molecule has 2 heterocycles. The third kappa shape index (κ3) is 6.44. The van der Waals surface area contributed by atoms with Gasteiger partial charge in [0.05, 0.1) is 6.61 Å². The molecule has 1 aromatic carbocycles. The molecule has 0 bridgehead atoms. The Kier molecular flexibility index (Phi) is 8.46. The standard InChI is InChI=1S/C16H26N2O.C8H10/c1-5-19-12-14-8-9-18(11-14)16(3,4)15-7-6-13(2)17-10-15;1-2-8-6-4-3-5-7-8/h6-7,10,14H,5,8-9,11-12H2,1-4H3;3-7H,2H2,1H3. The van der Waals surface area contributed by atoms with Gasteiger partial charge in [0.15, 0.2) is 0 Å². The Bertz CT molecular complexity index is 652. The second kappa shape index (κ2) is 10.6. The van der Waals surface area contributed by atoms with Gasteiger partial charge in [-0.15, -0.1) is 0 Å². The molecule has 0 aliphatic carbocycles. The minimum absolute atomic E-state index is 0.0572. The molecule has 1 atom stereocenters. The second-order valence-corrected chi connectivity index (χ2v) is 7.85. The fraction of sp³-hybridized carbons (Fsp3) is 0.542. The van der Waals surface area contributed by atoms with Gasteiger partial charge < -0.3 is 4.74 Å². The molecule has 3 rings (SSSR count). The number of benzene rings is 1. The Morgan fingerprint density at radius 3 is 2.41 bits per heavy atom. The highest BCUT2D eigenvalue weighted by molar-refractivity contribution is 5.21. The summed E-state index contributed by atoms with van der Waals surface area (Å²) < 4.78 is 5.56. The molecular weight excluding hydrogens is 332 g/mol. The number of aromatic nitrogens is 1. The first kappa shape index (κ1) is 21.6. The first-order valence-electron chi connectivity index (χ1n) is 10.3. The zero-order chi connectivity index (χ0) is 19.7. The molecule has 3 nitrogen and oxygen atoms in total. The Hall–Kier alpha value is -1.71. The summed E-state index contributed by atoms with van der Waals surface area (Å²) in [4.78, 5) is 6.99. The topological polar surface area (TPSA) is 25.4 Å². The van der Waals surface area contributed by atoms with Crippen LogP contribution < -0.4 is 0 Å². The largest absolute Gasteiger partial charge is 0.381 e. The van der Waals surface area contributed by atoms with Gasteiger partial charge >= 0.3 is 0 Å². The molecule has 27 heavy (non-hydrogen) atoms. The first-order chi connectivity index (χ1) is 13.0. The smallest absolute Gasteiger partial charge is 0.0506 e. The molecule has 1 fully saturated rings. The van der Waals surface area contributed by atoms with Crippen LogP contribution in [0.2, 0.25) is 0 Å². The van der Waals surface area contributed by atoms with E-state index in [2.05, 4.69) is 74.0 Å². The van der Waals surface area contributed by atoms with E-state index in [1.165, 1.54) is 17.5 Å². The maximum atomic E-state index is 5.56. The lowest BCUT2D eigenvalue weighted by Gasteiger charge is -2.36. The van der Waals surface area contributed by atoms with E-state index >= 15 is 0 Å². The van der Waals surface area contributed by atoms with E-state index in [0.29, 0.717) is 5.92 Å². The Labute approximate surface area is 165 Å². The number of rotatable bonds is 6. The van der Waals surface area contributed by atoms with E-state index in [0.717, 1.165) is 38.4 Å². The number of likely N-dealkylation sites (tertiary alicyclic amines) is 1. The predicted octanol–water partition coefficient (Wildman–Crippen LogP) is 5.23. The van der Waals surface area contributed by atoms with Gasteiger partial charge in [-0.05, 0) is 70.2 Å². The lowest BCUT2D eigenvalue weighted by molar-refractivity contribution is 0.0977. The monoisotopic (exact) mass is 368 g/mol. The van der Waals surface area contributed by atoms with Crippen molar-refractivity contribution in [2.24, 2.45) is 5.92 Å². The van der Waals surface area contributed by atoms with Crippen molar-refractivity contribution in [3.05, 3.63) is 65.5 Å². The zero-order valence-electron chi connectivity index (χ0n) is 17.7. The molecule has 0 saturated carbocycles. The average Bonchev–Trinajstić information content (AvgIpc) is 3.18. The molecule has 3 heteroatoms. The Balaban J connectivity index is 0.000000273. The molecule has 0 N–H and O–H groups in total. The van der Waals surface area contributed by atoms with Crippen LogP contribution in [0.4, 0.5) is 0 Å². The molecule has 0 radical (unpaired) electrons. The predicted molar refractivity (Wildman–Crippen MR) is 114 cm³/mol. The molecule has 148 valence electrons. The lowest BCUT2D eigenvalue weighted by atomic mass is 9.94. The van der Waals surface area contributed by atoms with Crippen molar-refractivity contribution in [3.8, 4) is 0 Å². The molecule has 1 aliphatic heterocycles. The van der Waals surface area contributed by atoms with Gasteiger partial charge in [0, 0.05) is 30.6 Å². The fourth-order valence-electron chi connectivity index (χ4n) is 3.49. The van der Waals surface area contributed by atoms with E-state index in [1.54, 1.807) is 0 Å². The molecule has 1 saturated heterocycles. The SMILES string of the molecule is CCOCC1CCN(C(C)(C)c2ccc(C)nc2)C1.CCc1ccccc1. The van der Waals surface area contributed by atoms with E-state index in [1.807, 2.05) is 19.2 Å². The number of ether oxygens (including phenoxy) is 1. The van der Waals surface area contributed by atoms with Gasteiger partial charge in [-0.25, -0.2) is 0 Å². The summed E-state index contributed by atoms with van der Waals surface area (Å²) in [5, 5.41) is 0. The van der Waals surface area contributed by atoms with E-state index in [4.69, 9.17) is 4.74 Å². The number of pyridine rings is 1. The lowest BCUT2D eigenvalue weighted by Crippen LogP contribution is -2.40. The third-order valence-electron chi connectivity index (χ3n) is 5.50. The molecule has 1 aliphatic rings. The van der Waals surface area contributed by atoms with Crippen LogP contribution in [0.1, 0.15) is 50.9 Å². The molecule has 0 amide bonds. The molecule has 1 unspecified atom stereocenters. The maximum absolute atomic E-state index is 5.56. The van der Waals surface area contributed by atoms with Crippen molar-refractivity contribution in [2.45, 2.75) is 53.0 Å². The van der Waals surface area contributed by atoms with Gasteiger partial charge in [-0.2, -0.15) is 0 Å². The van der Waals surface area contributed by atoms with Crippen molar-refractivity contribution in [2.75, 3.05) is 26.3 Å². The van der Waals surface area contributed by atoms with Crippen molar-refractivity contribution < 1.29 is 4.74 Å². The number of hydrogen-bond donors (Lipinski definition) is 0. The van der Waals surface area contributed by atoms with Crippen LogP contribution in [0.3, 0.4) is 0 Å². The van der Waals surface area contributed by atoms with Crippen molar-refractivity contribution in [3.63, 3.8) is 0 Å². The van der Waals surface area contributed by atoms with Crippen molar-refractivity contribution in [1.29, 1.82) is 0 Å². The highest BCUT2D eigenvalue weighted by atomic mass is 16.5. The Morgan fingerprint density at radius 1 is 1.11 bits per heavy atom. The number of hydrogen-bond acceptors (Lipinski definition) is 3. The van der Waals surface area contributed by atoms with Gasteiger partial charge in [0.2, 0.25) is 0 Å². The van der Waals surface area contributed by atoms with Crippen LogP contribution >= 0.6 is 0 Å². The van der Waals surface area contributed by atoms with E-state index in [-0.39, 0.29) is 5.54 Å². The minimum atomic E-state index is 0.0572. The van der Waals surface area contributed by atoms with Gasteiger partial charge in [-0.3, -0.25) is 9.88 Å². The zero-order valence-corrected chi connectivity index (χ0v) is 17.7. The molecule has 0 spiro atoms. The van der Waals surface area contributed by atoms with E-state index in [9.17, 15) is 0 Å². The summed E-state index contributed by atoms with van der Waals surface area (Å²) >= 11 is 0. The highest BCUT2D eigenvalue weighted by Crippen LogP contribution is 2.32. The summed E-state index contributed by atoms with van der Waals surface area (Å²) in [6.07, 6.45) is 4.40. The molecule has 2 aromatic rings. The number of nitrogens with zero attached hydrogens (tertiary/aromatic N) is 2. The summed E-state index contributed by atoms with van der Waals surface area (Å²) in [5.41, 5.74) is 3.85. The Morgan fingerprint density at radius 2 is 1.85 bits per heavy atom. The second-order valence-electron chi connectivity index (χ2n) is 7.85. The summed E-state index contributed by atoms with van der Waals surface area (Å²) in [6.45, 7) is 14.8. The fourth-order valence-corrected chi connectivity index (χ4v) is 3.49.